The Kier molecular flexibility index (Phi) is 3.35. The van der Waals surface area contributed by atoms with Crippen molar-refractivity contribution < 1.29 is 14.6 Å². The smallest absolute Gasteiger partial charge is 0.335 e. The van der Waals surface area contributed by atoms with Crippen molar-refractivity contribution in [1.82, 2.24) is 4.98 Å². The molecule has 0 saturated carbocycles. The van der Waals surface area contributed by atoms with Crippen molar-refractivity contribution in [2.75, 3.05) is 0 Å². The maximum Gasteiger partial charge on any atom is 0.335 e. The number of ether oxygens (including phenoxy) is 1. The highest BCUT2D eigenvalue weighted by Crippen LogP contribution is 2.34. The highest BCUT2D eigenvalue weighted by Gasteiger charge is 2.11. The highest BCUT2D eigenvalue weighted by atomic mass is 16.5. The summed E-state index contributed by atoms with van der Waals surface area (Å²) in [6, 6.07) is 20.3. The quantitative estimate of drug-likeness (QED) is 0.547. The first kappa shape index (κ1) is 14.2. The fourth-order valence-electron chi connectivity index (χ4n) is 2.78. The average Bonchev–Trinajstić information content (AvgIpc) is 2.62. The van der Waals surface area contributed by atoms with Gasteiger partial charge < -0.3 is 9.84 Å². The third kappa shape index (κ3) is 2.44. The van der Waals surface area contributed by atoms with Gasteiger partial charge in [0.1, 0.15) is 5.75 Å². The number of benzene rings is 3. The van der Waals surface area contributed by atoms with Gasteiger partial charge in [0.15, 0.2) is 0 Å². The molecular formula is C20H13NO3. The van der Waals surface area contributed by atoms with Gasteiger partial charge in [0.25, 0.3) is 0 Å². The number of fused-ring (bicyclic) bond motifs is 3. The topological polar surface area (TPSA) is 59.4 Å². The Morgan fingerprint density at radius 2 is 1.71 bits per heavy atom. The molecule has 24 heavy (non-hydrogen) atoms. The second-order valence-electron chi connectivity index (χ2n) is 5.44. The minimum atomic E-state index is -0.941. The van der Waals surface area contributed by atoms with Crippen molar-refractivity contribution in [3.05, 3.63) is 78.5 Å². The Morgan fingerprint density at radius 1 is 0.917 bits per heavy atom. The van der Waals surface area contributed by atoms with E-state index in [-0.39, 0.29) is 5.56 Å². The minimum Gasteiger partial charge on any atom is -0.478 e. The largest absolute Gasteiger partial charge is 0.478 e. The van der Waals surface area contributed by atoms with Crippen molar-refractivity contribution in [3.63, 3.8) is 0 Å². The molecule has 0 aliphatic carbocycles. The molecule has 0 aliphatic heterocycles. The van der Waals surface area contributed by atoms with Gasteiger partial charge in [-0.3, -0.25) is 0 Å². The fourth-order valence-corrected chi connectivity index (χ4v) is 2.78. The number of hydrogen-bond acceptors (Lipinski definition) is 3. The molecule has 4 rings (SSSR count). The predicted octanol–water partition coefficient (Wildman–Crippen LogP) is 4.88. The number of carbonyl (C=O) groups is 1. The summed E-state index contributed by atoms with van der Waals surface area (Å²) in [5, 5.41) is 12.8. The molecule has 1 N–H and O–H groups in total. The minimum absolute atomic E-state index is 0.260. The van der Waals surface area contributed by atoms with Gasteiger partial charge in [-0.1, -0.05) is 36.4 Å². The second-order valence-corrected chi connectivity index (χ2v) is 5.44. The number of hydrogen-bond donors (Lipinski definition) is 1. The molecule has 0 saturated heterocycles. The van der Waals surface area contributed by atoms with E-state index in [2.05, 4.69) is 4.98 Å². The summed E-state index contributed by atoms with van der Waals surface area (Å²) in [6.45, 7) is 0. The van der Waals surface area contributed by atoms with Crippen molar-refractivity contribution in [1.29, 1.82) is 0 Å². The second kappa shape index (κ2) is 5.66. The van der Waals surface area contributed by atoms with E-state index in [9.17, 15) is 4.79 Å². The molecule has 0 atom stereocenters. The molecule has 0 aliphatic rings. The van der Waals surface area contributed by atoms with E-state index in [0.717, 1.165) is 21.5 Å². The molecule has 0 unspecified atom stereocenters. The predicted molar refractivity (Wildman–Crippen MR) is 92.7 cm³/mol. The van der Waals surface area contributed by atoms with E-state index < -0.39 is 5.97 Å². The molecule has 1 heterocycles. The van der Waals surface area contributed by atoms with E-state index >= 15 is 0 Å². The Balaban J connectivity index is 1.95. The Hall–Kier alpha value is -3.40. The van der Waals surface area contributed by atoms with Gasteiger partial charge in [-0.2, -0.15) is 0 Å². The van der Waals surface area contributed by atoms with Crippen LogP contribution < -0.4 is 4.74 Å². The monoisotopic (exact) mass is 315 g/mol. The molecule has 3 aromatic carbocycles. The van der Waals surface area contributed by atoms with Crippen LogP contribution in [0.25, 0.3) is 21.5 Å². The number of carboxylic acid groups (broad SMARTS) is 1. The molecule has 1 aromatic heterocycles. The summed E-state index contributed by atoms with van der Waals surface area (Å²) in [6.07, 6.45) is 1.71. The summed E-state index contributed by atoms with van der Waals surface area (Å²) in [4.78, 5) is 15.6. The van der Waals surface area contributed by atoms with E-state index in [1.165, 1.54) is 0 Å². The number of carboxylic acids is 1. The van der Waals surface area contributed by atoms with E-state index in [1.807, 2.05) is 48.5 Å². The first-order chi connectivity index (χ1) is 11.7. The molecule has 0 spiro atoms. The summed E-state index contributed by atoms with van der Waals surface area (Å²) in [5.74, 6) is 0.271. The Labute approximate surface area is 138 Å². The molecule has 4 aromatic rings. The molecule has 0 fully saturated rings. The summed E-state index contributed by atoms with van der Waals surface area (Å²) in [7, 11) is 0. The zero-order valence-corrected chi connectivity index (χ0v) is 12.6. The first-order valence-electron chi connectivity index (χ1n) is 7.50. The van der Waals surface area contributed by atoms with Crippen LogP contribution in [0, 0.1) is 0 Å². The van der Waals surface area contributed by atoms with Gasteiger partial charge in [-0.05, 0) is 46.5 Å². The number of rotatable bonds is 3. The van der Waals surface area contributed by atoms with Crippen LogP contribution in [0.2, 0.25) is 0 Å². The lowest BCUT2D eigenvalue weighted by Crippen LogP contribution is -1.96. The maximum atomic E-state index is 11.2. The third-order valence-corrected chi connectivity index (χ3v) is 3.92. The van der Waals surface area contributed by atoms with Crippen molar-refractivity contribution >= 4 is 27.5 Å². The molecular weight excluding hydrogens is 302 g/mol. The average molecular weight is 315 g/mol. The summed E-state index contributed by atoms with van der Waals surface area (Å²) < 4.78 is 5.95. The number of para-hydroxylation sites is 1. The van der Waals surface area contributed by atoms with Gasteiger partial charge in [-0.25, -0.2) is 9.78 Å². The Morgan fingerprint density at radius 3 is 2.50 bits per heavy atom. The lowest BCUT2D eigenvalue weighted by atomic mass is 10.0. The standard InChI is InChI=1S/C20H13NO3/c22-20(23)15-8-9-17-14(12-15)7-6-13-10-11-21-19(18(13)17)24-16-4-2-1-3-5-16/h1-12H,(H,22,23). The molecule has 4 nitrogen and oxygen atoms in total. The highest BCUT2D eigenvalue weighted by molar-refractivity contribution is 6.11. The normalized spacial score (nSPS) is 10.8. The summed E-state index contributed by atoms with van der Waals surface area (Å²) in [5.41, 5.74) is 0.260. The van der Waals surface area contributed by atoms with Gasteiger partial charge >= 0.3 is 5.97 Å². The maximum absolute atomic E-state index is 11.2. The molecule has 4 heteroatoms. The van der Waals surface area contributed by atoms with Gasteiger partial charge in [0, 0.05) is 6.20 Å². The first-order valence-corrected chi connectivity index (χ1v) is 7.50. The van der Waals surface area contributed by atoms with Gasteiger partial charge in [-0.15, -0.1) is 0 Å². The zero-order valence-electron chi connectivity index (χ0n) is 12.6. The van der Waals surface area contributed by atoms with Crippen molar-refractivity contribution in [2.45, 2.75) is 0 Å². The van der Waals surface area contributed by atoms with Gasteiger partial charge in [0.05, 0.1) is 10.9 Å². The molecule has 0 radical (unpaired) electrons. The third-order valence-electron chi connectivity index (χ3n) is 3.92. The van der Waals surface area contributed by atoms with Crippen LogP contribution in [-0.2, 0) is 0 Å². The number of pyridine rings is 1. The van der Waals surface area contributed by atoms with Crippen LogP contribution in [0.1, 0.15) is 10.4 Å². The zero-order chi connectivity index (χ0) is 16.5. The van der Waals surface area contributed by atoms with E-state index in [4.69, 9.17) is 9.84 Å². The van der Waals surface area contributed by atoms with Gasteiger partial charge in [0.2, 0.25) is 5.88 Å². The lowest BCUT2D eigenvalue weighted by molar-refractivity contribution is 0.0697. The SMILES string of the molecule is O=C(O)c1ccc2c(ccc3ccnc(Oc4ccccc4)c32)c1. The number of aromatic carboxylic acids is 1. The van der Waals surface area contributed by atoms with Crippen LogP contribution in [0.15, 0.2) is 72.9 Å². The van der Waals surface area contributed by atoms with E-state index in [1.54, 1.807) is 24.4 Å². The van der Waals surface area contributed by atoms with Crippen molar-refractivity contribution in [2.24, 2.45) is 0 Å². The molecule has 0 bridgehead atoms. The summed E-state index contributed by atoms with van der Waals surface area (Å²) >= 11 is 0. The van der Waals surface area contributed by atoms with E-state index in [0.29, 0.717) is 11.6 Å². The van der Waals surface area contributed by atoms with Crippen LogP contribution in [-0.4, -0.2) is 16.1 Å². The van der Waals surface area contributed by atoms with Crippen molar-refractivity contribution in [3.8, 4) is 11.6 Å². The van der Waals surface area contributed by atoms with Crippen LogP contribution >= 0.6 is 0 Å². The number of nitrogens with zero attached hydrogens (tertiary/aromatic N) is 1. The molecule has 0 amide bonds. The molecule has 116 valence electrons. The Bertz CT molecular complexity index is 1060. The van der Waals surface area contributed by atoms with Crippen LogP contribution in [0.3, 0.4) is 0 Å². The van der Waals surface area contributed by atoms with Crippen LogP contribution in [0.5, 0.6) is 11.6 Å². The van der Waals surface area contributed by atoms with Crippen LogP contribution in [0.4, 0.5) is 0 Å². The lowest BCUT2D eigenvalue weighted by Gasteiger charge is -2.10. The number of aromatic nitrogens is 1. The fraction of sp³-hybridized carbons (Fsp3) is 0.